The highest BCUT2D eigenvalue weighted by atomic mass is 32.2. The summed E-state index contributed by atoms with van der Waals surface area (Å²) in [5.41, 5.74) is -0.0399. The largest absolute Gasteiger partial charge is 0.332 e. The molecule has 3 rings (SSSR count). The van der Waals surface area contributed by atoms with Gasteiger partial charge in [0.1, 0.15) is 5.69 Å². The molecule has 0 saturated heterocycles. The van der Waals surface area contributed by atoms with Gasteiger partial charge < -0.3 is 10.3 Å². The van der Waals surface area contributed by atoms with Gasteiger partial charge in [0, 0.05) is 12.3 Å². The Kier molecular flexibility index (Phi) is 5.12. The Hall–Kier alpha value is -2.62. The van der Waals surface area contributed by atoms with E-state index in [4.69, 9.17) is 0 Å². The molecule has 2 heterocycles. The number of anilines is 1. The average Bonchev–Trinajstić information content (AvgIpc) is 3.04. The number of carbonyl (C=O) groups is 1. The summed E-state index contributed by atoms with van der Waals surface area (Å²) in [6, 6.07) is 3.54. The molecule has 0 saturated carbocycles. The number of hydrogen-bond donors (Lipinski definition) is 2. The van der Waals surface area contributed by atoms with E-state index < -0.39 is 40.1 Å². The van der Waals surface area contributed by atoms with Crippen LogP contribution in [0.3, 0.4) is 0 Å². The fourth-order valence-electron chi connectivity index (χ4n) is 2.22. The number of thioether (sulfide) groups is 1. The van der Waals surface area contributed by atoms with Gasteiger partial charge in [-0.25, -0.2) is 27.5 Å². The summed E-state index contributed by atoms with van der Waals surface area (Å²) in [4.78, 5) is 23.5. The molecule has 1 atom stereocenters. The smallest absolute Gasteiger partial charge is 0.238 e. The minimum atomic E-state index is -1.66. The Bertz CT molecular complexity index is 919. The normalized spacial score (nSPS) is 12.3. The molecule has 1 amide bonds. The van der Waals surface area contributed by atoms with Crippen LogP contribution >= 0.6 is 11.8 Å². The zero-order chi connectivity index (χ0) is 18.8. The molecule has 1 aromatic carbocycles. The molecular weight excluding hydrogens is 372 g/mol. The Labute approximate surface area is 149 Å². The lowest BCUT2D eigenvalue weighted by molar-refractivity contribution is -0.115. The van der Waals surface area contributed by atoms with Gasteiger partial charge in [0.2, 0.25) is 5.91 Å². The molecule has 2 N–H and O–H groups in total. The highest BCUT2D eigenvalue weighted by Crippen LogP contribution is 2.28. The summed E-state index contributed by atoms with van der Waals surface area (Å²) in [7, 11) is 0. The second-order valence-corrected chi connectivity index (χ2v) is 6.46. The quantitative estimate of drug-likeness (QED) is 0.396. The first-order valence-corrected chi connectivity index (χ1v) is 8.40. The zero-order valence-corrected chi connectivity index (χ0v) is 14.1. The highest BCUT2D eigenvalue weighted by molar-refractivity contribution is 8.00. The van der Waals surface area contributed by atoms with E-state index in [0.717, 1.165) is 11.8 Å². The van der Waals surface area contributed by atoms with E-state index in [2.05, 4.69) is 15.0 Å². The number of benzene rings is 1. The van der Waals surface area contributed by atoms with Crippen LogP contribution in [-0.4, -0.2) is 26.1 Å². The van der Waals surface area contributed by atoms with Crippen molar-refractivity contribution >= 4 is 34.5 Å². The van der Waals surface area contributed by atoms with Crippen LogP contribution < -0.4 is 5.32 Å². The van der Waals surface area contributed by atoms with Crippen molar-refractivity contribution < 1.29 is 22.4 Å². The van der Waals surface area contributed by atoms with Crippen molar-refractivity contribution in [2.75, 3.05) is 5.32 Å². The minimum Gasteiger partial charge on any atom is -0.332 e. The molecule has 5 nitrogen and oxygen atoms in total. The number of nitrogens with zero attached hydrogens (tertiary/aromatic N) is 2. The van der Waals surface area contributed by atoms with Crippen LogP contribution in [0.4, 0.5) is 23.2 Å². The average molecular weight is 384 g/mol. The monoisotopic (exact) mass is 384 g/mol. The van der Waals surface area contributed by atoms with Crippen molar-refractivity contribution in [2.45, 2.75) is 23.8 Å². The summed E-state index contributed by atoms with van der Waals surface area (Å²) < 4.78 is 53.9. The number of pyridine rings is 1. The SMILES string of the molecule is CC[C@H](Sc1nc2ncccc2[nH]1)C(=O)Nc1c(F)c(F)cc(F)c1F. The van der Waals surface area contributed by atoms with E-state index in [9.17, 15) is 22.4 Å². The standard InChI is InChI=1S/C16H12F4N4OS/c1-2-10(26-16-22-9-4-3-5-21-14(9)24-16)15(25)23-13-11(19)7(17)6-8(18)12(13)20/h3-6,10H,2H2,1H3,(H,23,25)(H,21,22,24)/t10-/m0/s1. The van der Waals surface area contributed by atoms with Crippen LogP contribution in [0.1, 0.15) is 13.3 Å². The van der Waals surface area contributed by atoms with E-state index >= 15 is 0 Å². The topological polar surface area (TPSA) is 70.7 Å². The lowest BCUT2D eigenvalue weighted by atomic mass is 10.2. The molecule has 136 valence electrons. The van der Waals surface area contributed by atoms with Gasteiger partial charge >= 0.3 is 0 Å². The number of amides is 1. The predicted molar refractivity (Wildman–Crippen MR) is 88.7 cm³/mol. The zero-order valence-electron chi connectivity index (χ0n) is 13.3. The van der Waals surface area contributed by atoms with Crippen molar-refractivity contribution in [2.24, 2.45) is 0 Å². The maximum atomic E-state index is 13.7. The molecule has 0 bridgehead atoms. The molecule has 0 unspecified atom stereocenters. The minimum absolute atomic E-state index is 0.0772. The van der Waals surface area contributed by atoms with Gasteiger partial charge in [-0.2, -0.15) is 0 Å². The van der Waals surface area contributed by atoms with Crippen molar-refractivity contribution in [1.82, 2.24) is 15.0 Å². The third kappa shape index (κ3) is 3.50. The van der Waals surface area contributed by atoms with E-state index in [1.807, 2.05) is 5.32 Å². The number of imidazole rings is 1. The third-order valence-electron chi connectivity index (χ3n) is 3.51. The van der Waals surface area contributed by atoms with Crippen LogP contribution in [0.15, 0.2) is 29.6 Å². The van der Waals surface area contributed by atoms with Crippen molar-refractivity contribution in [3.8, 4) is 0 Å². The molecule has 0 aliphatic rings. The van der Waals surface area contributed by atoms with E-state index in [-0.39, 0.29) is 12.5 Å². The van der Waals surface area contributed by atoms with Gasteiger partial charge in [-0.3, -0.25) is 4.79 Å². The van der Waals surface area contributed by atoms with Crippen molar-refractivity contribution in [3.63, 3.8) is 0 Å². The Balaban J connectivity index is 1.81. The van der Waals surface area contributed by atoms with E-state index in [1.165, 1.54) is 0 Å². The summed E-state index contributed by atoms with van der Waals surface area (Å²) in [5.74, 6) is -7.32. The molecule has 2 aromatic heterocycles. The summed E-state index contributed by atoms with van der Waals surface area (Å²) in [5, 5.41) is 1.49. The lowest BCUT2D eigenvalue weighted by Gasteiger charge is -2.14. The molecule has 10 heteroatoms. The van der Waals surface area contributed by atoms with Crippen LogP contribution in [0.2, 0.25) is 0 Å². The molecule has 0 radical (unpaired) electrons. The number of nitrogens with one attached hydrogen (secondary N) is 2. The van der Waals surface area contributed by atoms with Crippen LogP contribution in [0, 0.1) is 23.3 Å². The highest BCUT2D eigenvalue weighted by Gasteiger charge is 2.25. The third-order valence-corrected chi connectivity index (χ3v) is 4.76. The van der Waals surface area contributed by atoms with Crippen LogP contribution in [0.5, 0.6) is 0 Å². The first-order chi connectivity index (χ1) is 12.4. The molecule has 0 aliphatic carbocycles. The van der Waals surface area contributed by atoms with Gasteiger partial charge in [0.15, 0.2) is 34.1 Å². The van der Waals surface area contributed by atoms with Crippen molar-refractivity contribution in [1.29, 1.82) is 0 Å². The van der Waals surface area contributed by atoms with Crippen molar-refractivity contribution in [3.05, 3.63) is 47.7 Å². The number of fused-ring (bicyclic) bond motifs is 1. The van der Waals surface area contributed by atoms with E-state index in [1.54, 1.807) is 25.3 Å². The summed E-state index contributed by atoms with van der Waals surface area (Å²) in [6.45, 7) is 1.68. The molecular formula is C16H12F4N4OS. The van der Waals surface area contributed by atoms with Crippen LogP contribution in [-0.2, 0) is 4.79 Å². The number of aromatic nitrogens is 3. The molecule has 3 aromatic rings. The predicted octanol–water partition coefficient (Wildman–Crippen LogP) is 4.02. The molecule has 26 heavy (non-hydrogen) atoms. The number of hydrogen-bond acceptors (Lipinski definition) is 4. The maximum Gasteiger partial charge on any atom is 0.238 e. The maximum absolute atomic E-state index is 13.7. The van der Waals surface area contributed by atoms with Gasteiger partial charge in [-0.05, 0) is 18.6 Å². The number of rotatable bonds is 5. The Morgan fingerprint density at radius 1 is 1.27 bits per heavy atom. The first-order valence-electron chi connectivity index (χ1n) is 7.52. The van der Waals surface area contributed by atoms with Gasteiger partial charge in [0.25, 0.3) is 0 Å². The molecule has 0 fully saturated rings. The fourth-order valence-corrected chi connectivity index (χ4v) is 3.13. The number of carbonyl (C=O) groups excluding carboxylic acids is 1. The second-order valence-electron chi connectivity index (χ2n) is 5.26. The van der Waals surface area contributed by atoms with Gasteiger partial charge in [0.05, 0.1) is 10.8 Å². The van der Waals surface area contributed by atoms with Gasteiger partial charge in [-0.1, -0.05) is 18.7 Å². The summed E-state index contributed by atoms with van der Waals surface area (Å²) >= 11 is 1.01. The second kappa shape index (κ2) is 7.32. The van der Waals surface area contributed by atoms with E-state index in [0.29, 0.717) is 16.3 Å². The number of halogens is 4. The molecule has 0 spiro atoms. The Morgan fingerprint density at radius 2 is 1.96 bits per heavy atom. The van der Waals surface area contributed by atoms with Gasteiger partial charge in [-0.15, -0.1) is 0 Å². The Morgan fingerprint density at radius 3 is 2.58 bits per heavy atom. The lowest BCUT2D eigenvalue weighted by Crippen LogP contribution is -2.26. The molecule has 0 aliphatic heterocycles. The summed E-state index contributed by atoms with van der Waals surface area (Å²) in [6.07, 6.45) is 1.84. The fraction of sp³-hybridized carbons (Fsp3) is 0.188. The van der Waals surface area contributed by atoms with Crippen LogP contribution in [0.25, 0.3) is 11.2 Å². The first kappa shape index (κ1) is 18.2. The number of aromatic amines is 1. The number of H-pyrrole nitrogens is 1.